The summed E-state index contributed by atoms with van der Waals surface area (Å²) < 4.78 is 0. The van der Waals surface area contributed by atoms with Crippen LogP contribution in [0.15, 0.2) is 78.9 Å². The Balaban J connectivity index is 0.000000194. The lowest BCUT2D eigenvalue weighted by atomic mass is 10.0. The summed E-state index contributed by atoms with van der Waals surface area (Å²) in [6, 6.07) is 26.0. The maximum absolute atomic E-state index is 8.63. The second kappa shape index (κ2) is 7.30. The Hall–Kier alpha value is -2.54. The molecule has 3 rings (SSSR count). The predicted octanol–water partition coefficient (Wildman–Crippen LogP) is 5.36. The van der Waals surface area contributed by atoms with Gasteiger partial charge in [0.2, 0.25) is 0 Å². The van der Waals surface area contributed by atoms with E-state index in [1.165, 1.54) is 22.3 Å². The Labute approximate surface area is 126 Å². The van der Waals surface area contributed by atoms with E-state index in [2.05, 4.69) is 62.4 Å². The second-order valence-corrected chi connectivity index (χ2v) is 5.07. The van der Waals surface area contributed by atoms with Crippen molar-refractivity contribution in [2.75, 3.05) is 0 Å². The van der Waals surface area contributed by atoms with Crippen LogP contribution in [0.2, 0.25) is 0 Å². The zero-order chi connectivity index (χ0) is 15.1. The molecular formula is C20H20O. The van der Waals surface area contributed by atoms with E-state index >= 15 is 0 Å². The number of phenolic OH excluding ortho intramolecular Hbond substituents is 1. The van der Waals surface area contributed by atoms with E-state index in [-0.39, 0.29) is 0 Å². The predicted molar refractivity (Wildman–Crippen MR) is 89.5 cm³/mol. The highest BCUT2D eigenvalue weighted by atomic mass is 16.3. The molecule has 0 radical (unpaired) electrons. The van der Waals surface area contributed by atoms with Gasteiger partial charge in [0.05, 0.1) is 0 Å². The molecule has 1 heteroatoms. The Morgan fingerprint density at radius 1 is 0.524 bits per heavy atom. The molecule has 0 unspecified atom stereocenters. The molecule has 3 aromatic carbocycles. The Kier molecular flexibility index (Phi) is 5.16. The minimum Gasteiger partial charge on any atom is -0.508 e. The van der Waals surface area contributed by atoms with Gasteiger partial charge in [0, 0.05) is 0 Å². The minimum absolute atomic E-state index is 0.322. The summed E-state index contributed by atoms with van der Waals surface area (Å²) in [4.78, 5) is 0. The van der Waals surface area contributed by atoms with Crippen molar-refractivity contribution >= 4 is 0 Å². The van der Waals surface area contributed by atoms with Crippen LogP contribution in [0.1, 0.15) is 11.1 Å². The molecule has 1 nitrogen and oxygen atoms in total. The Morgan fingerprint density at radius 3 is 1.19 bits per heavy atom. The molecule has 0 aliphatic carbocycles. The topological polar surface area (TPSA) is 20.2 Å². The SMILES string of the molecule is Cc1ccc(-c2ccc(C)cc2)cc1.Oc1ccccc1. The molecule has 1 N–H and O–H groups in total. The normalized spacial score (nSPS) is 9.62. The molecule has 21 heavy (non-hydrogen) atoms. The summed E-state index contributed by atoms with van der Waals surface area (Å²) in [5.74, 6) is 0.322. The first kappa shape index (κ1) is 14.9. The first-order valence-corrected chi connectivity index (χ1v) is 7.03. The standard InChI is InChI=1S/C14H14.C6H6O/c1-11-3-7-13(8-4-11)14-9-5-12(2)6-10-14;7-6-4-2-1-3-5-6/h3-10H,1-2H3;1-5,7H. The molecule has 106 valence electrons. The second-order valence-electron chi connectivity index (χ2n) is 5.07. The fourth-order valence-electron chi connectivity index (χ4n) is 1.92. The quantitative estimate of drug-likeness (QED) is 0.634. The molecule has 0 heterocycles. The Morgan fingerprint density at radius 2 is 0.905 bits per heavy atom. The molecule has 0 fully saturated rings. The van der Waals surface area contributed by atoms with E-state index in [9.17, 15) is 0 Å². The van der Waals surface area contributed by atoms with Gasteiger partial charge in [-0.3, -0.25) is 0 Å². The molecule has 0 amide bonds. The highest BCUT2D eigenvalue weighted by molar-refractivity contribution is 5.63. The van der Waals surface area contributed by atoms with Gasteiger partial charge in [0.25, 0.3) is 0 Å². The molecule has 0 saturated heterocycles. The van der Waals surface area contributed by atoms with Crippen LogP contribution >= 0.6 is 0 Å². The summed E-state index contributed by atoms with van der Waals surface area (Å²) in [6.07, 6.45) is 0. The van der Waals surface area contributed by atoms with Crippen molar-refractivity contribution < 1.29 is 5.11 Å². The number of rotatable bonds is 1. The third kappa shape index (κ3) is 4.81. The first-order chi connectivity index (χ1) is 10.1. The molecule has 0 saturated carbocycles. The molecule has 3 aromatic rings. The van der Waals surface area contributed by atoms with Gasteiger partial charge in [0.15, 0.2) is 0 Å². The van der Waals surface area contributed by atoms with Gasteiger partial charge in [-0.2, -0.15) is 0 Å². The monoisotopic (exact) mass is 276 g/mol. The minimum atomic E-state index is 0.322. The van der Waals surface area contributed by atoms with Crippen molar-refractivity contribution in [2.45, 2.75) is 13.8 Å². The van der Waals surface area contributed by atoms with Crippen molar-refractivity contribution in [3.63, 3.8) is 0 Å². The molecule has 0 aliphatic heterocycles. The van der Waals surface area contributed by atoms with Crippen LogP contribution in [0, 0.1) is 13.8 Å². The van der Waals surface area contributed by atoms with Gasteiger partial charge in [-0.15, -0.1) is 0 Å². The van der Waals surface area contributed by atoms with Gasteiger partial charge in [0.1, 0.15) is 5.75 Å². The third-order valence-electron chi connectivity index (χ3n) is 3.19. The third-order valence-corrected chi connectivity index (χ3v) is 3.19. The van der Waals surface area contributed by atoms with Crippen LogP contribution in [0.3, 0.4) is 0 Å². The lowest BCUT2D eigenvalue weighted by Crippen LogP contribution is -1.78. The van der Waals surface area contributed by atoms with Crippen molar-refractivity contribution in [1.29, 1.82) is 0 Å². The van der Waals surface area contributed by atoms with Crippen LogP contribution in [0.25, 0.3) is 11.1 Å². The van der Waals surface area contributed by atoms with Crippen LogP contribution in [0.4, 0.5) is 0 Å². The van der Waals surface area contributed by atoms with E-state index in [4.69, 9.17) is 5.11 Å². The zero-order valence-corrected chi connectivity index (χ0v) is 12.5. The maximum Gasteiger partial charge on any atom is 0.115 e. The maximum atomic E-state index is 8.63. The molecule has 0 atom stereocenters. The van der Waals surface area contributed by atoms with Crippen molar-refractivity contribution in [1.82, 2.24) is 0 Å². The number of hydrogen-bond donors (Lipinski definition) is 1. The lowest BCUT2D eigenvalue weighted by Gasteiger charge is -2.02. The van der Waals surface area contributed by atoms with Gasteiger partial charge in [-0.25, -0.2) is 0 Å². The highest BCUT2D eigenvalue weighted by Gasteiger charge is 1.95. The van der Waals surface area contributed by atoms with Crippen molar-refractivity contribution in [2.24, 2.45) is 0 Å². The van der Waals surface area contributed by atoms with Crippen LogP contribution in [-0.2, 0) is 0 Å². The van der Waals surface area contributed by atoms with Gasteiger partial charge in [-0.05, 0) is 37.1 Å². The van der Waals surface area contributed by atoms with E-state index < -0.39 is 0 Å². The van der Waals surface area contributed by atoms with E-state index in [0.717, 1.165) is 0 Å². The summed E-state index contributed by atoms with van der Waals surface area (Å²) in [5.41, 5.74) is 5.19. The lowest BCUT2D eigenvalue weighted by molar-refractivity contribution is 0.475. The van der Waals surface area contributed by atoms with Crippen LogP contribution in [0.5, 0.6) is 5.75 Å². The van der Waals surface area contributed by atoms with Gasteiger partial charge in [-0.1, -0.05) is 77.9 Å². The fraction of sp³-hybridized carbons (Fsp3) is 0.100. The van der Waals surface area contributed by atoms with Crippen LogP contribution in [-0.4, -0.2) is 5.11 Å². The highest BCUT2D eigenvalue weighted by Crippen LogP contribution is 2.19. The number of para-hydroxylation sites is 1. The number of benzene rings is 3. The van der Waals surface area contributed by atoms with Crippen molar-refractivity contribution in [3.8, 4) is 16.9 Å². The van der Waals surface area contributed by atoms with Gasteiger partial charge < -0.3 is 5.11 Å². The van der Waals surface area contributed by atoms with Crippen molar-refractivity contribution in [3.05, 3.63) is 90.0 Å². The first-order valence-electron chi connectivity index (χ1n) is 7.03. The number of aromatic hydroxyl groups is 1. The largest absolute Gasteiger partial charge is 0.508 e. The molecular weight excluding hydrogens is 256 g/mol. The smallest absolute Gasteiger partial charge is 0.115 e. The number of aryl methyl sites for hydroxylation is 2. The summed E-state index contributed by atoms with van der Waals surface area (Å²) in [6.45, 7) is 4.22. The average Bonchev–Trinajstić information content (AvgIpc) is 2.50. The average molecular weight is 276 g/mol. The van der Waals surface area contributed by atoms with Gasteiger partial charge >= 0.3 is 0 Å². The molecule has 0 spiro atoms. The van der Waals surface area contributed by atoms with E-state index in [1.54, 1.807) is 24.3 Å². The number of phenols is 1. The number of hydrogen-bond acceptors (Lipinski definition) is 1. The van der Waals surface area contributed by atoms with Crippen LogP contribution < -0.4 is 0 Å². The van der Waals surface area contributed by atoms with E-state index in [0.29, 0.717) is 5.75 Å². The van der Waals surface area contributed by atoms with E-state index in [1.807, 2.05) is 6.07 Å². The Bertz CT molecular complexity index is 609. The fourth-order valence-corrected chi connectivity index (χ4v) is 1.92. The molecule has 0 aromatic heterocycles. The summed E-state index contributed by atoms with van der Waals surface area (Å²) in [7, 11) is 0. The molecule has 0 aliphatic rings. The summed E-state index contributed by atoms with van der Waals surface area (Å²) >= 11 is 0. The summed E-state index contributed by atoms with van der Waals surface area (Å²) in [5, 5.41) is 8.63. The molecule has 0 bridgehead atoms. The zero-order valence-electron chi connectivity index (χ0n) is 12.5.